The highest BCUT2D eigenvalue weighted by molar-refractivity contribution is 7.25. The average molecular weight is 667 g/mol. The second-order valence-electron chi connectivity index (χ2n) is 13.0. The molecule has 0 atom stereocenters. The number of aromatic nitrogens is 2. The first-order chi connectivity index (χ1) is 25.2. The summed E-state index contributed by atoms with van der Waals surface area (Å²) in [5.41, 5.74) is 9.57. The Labute approximate surface area is 300 Å². The molecular weight excluding hydrogens is 637 g/mol. The second-order valence-corrected chi connectivity index (χ2v) is 14.1. The van der Waals surface area contributed by atoms with E-state index in [1.54, 1.807) is 0 Å². The van der Waals surface area contributed by atoms with Crippen molar-refractivity contribution in [2.24, 2.45) is 0 Å². The van der Waals surface area contributed by atoms with E-state index in [0.29, 0.717) is 5.82 Å². The number of fused-ring (bicyclic) bond motifs is 5. The minimum absolute atomic E-state index is 0.707. The minimum atomic E-state index is 0.707. The van der Waals surface area contributed by atoms with E-state index in [1.807, 2.05) is 11.3 Å². The number of hydrogen-bond donors (Lipinski definition) is 0. The highest BCUT2D eigenvalue weighted by Gasteiger charge is 2.16. The molecule has 0 radical (unpaired) electrons. The van der Waals surface area contributed by atoms with E-state index in [-0.39, 0.29) is 0 Å². The molecule has 0 unspecified atom stereocenters. The number of hydrogen-bond acceptors (Lipinski definition) is 3. The van der Waals surface area contributed by atoms with Gasteiger partial charge in [0.05, 0.1) is 11.4 Å². The van der Waals surface area contributed by atoms with Gasteiger partial charge in [0.15, 0.2) is 5.82 Å². The molecule has 10 rings (SSSR count). The van der Waals surface area contributed by atoms with Crippen LogP contribution >= 0.6 is 11.3 Å². The molecule has 0 fully saturated rings. The van der Waals surface area contributed by atoms with E-state index < -0.39 is 0 Å². The molecule has 0 bridgehead atoms. The van der Waals surface area contributed by atoms with Crippen molar-refractivity contribution in [1.82, 2.24) is 9.97 Å². The zero-order chi connectivity index (χ0) is 33.7. The smallest absolute Gasteiger partial charge is 0.160 e. The van der Waals surface area contributed by atoms with Crippen molar-refractivity contribution in [2.45, 2.75) is 0 Å². The molecule has 2 nitrogen and oxygen atoms in total. The van der Waals surface area contributed by atoms with Crippen LogP contribution in [0.5, 0.6) is 0 Å². The van der Waals surface area contributed by atoms with Gasteiger partial charge in [-0.2, -0.15) is 0 Å². The van der Waals surface area contributed by atoms with Gasteiger partial charge in [0.25, 0.3) is 0 Å². The van der Waals surface area contributed by atoms with Crippen LogP contribution < -0.4 is 0 Å². The summed E-state index contributed by atoms with van der Waals surface area (Å²) in [4.78, 5) is 10.6. The van der Waals surface area contributed by atoms with Crippen LogP contribution in [0.4, 0.5) is 0 Å². The maximum Gasteiger partial charge on any atom is 0.160 e. The molecule has 0 aliphatic carbocycles. The van der Waals surface area contributed by atoms with Gasteiger partial charge < -0.3 is 0 Å². The van der Waals surface area contributed by atoms with Crippen molar-refractivity contribution in [1.29, 1.82) is 0 Å². The van der Waals surface area contributed by atoms with Gasteiger partial charge in [-0.25, -0.2) is 9.97 Å². The molecule has 51 heavy (non-hydrogen) atoms. The average Bonchev–Trinajstić information content (AvgIpc) is 3.58. The van der Waals surface area contributed by atoms with Crippen LogP contribution in [0.25, 0.3) is 97.9 Å². The molecule has 0 amide bonds. The molecule has 0 saturated carbocycles. The lowest BCUT2D eigenvalue weighted by Gasteiger charge is -2.14. The molecule has 0 aliphatic rings. The van der Waals surface area contributed by atoms with E-state index >= 15 is 0 Å². The quantitative estimate of drug-likeness (QED) is 0.183. The first-order valence-electron chi connectivity index (χ1n) is 17.2. The van der Waals surface area contributed by atoms with Gasteiger partial charge in [0.1, 0.15) is 0 Å². The van der Waals surface area contributed by atoms with Crippen molar-refractivity contribution in [3.8, 4) is 56.2 Å². The van der Waals surface area contributed by atoms with Gasteiger partial charge in [-0.3, -0.25) is 0 Å². The standard InChI is InChI=1S/C48H30N2S/c1-2-11-31(12-3-1)37-26-38(35-23-24-47-43(29-35)42-18-8-9-20-46(42)51-47)28-39(27-37)44-30-45(41-19-10-16-33-14-6-7-17-40(33)41)50-48(49-44)36-22-21-32-13-4-5-15-34(32)25-36/h1-30H. The normalized spacial score (nSPS) is 11.5. The summed E-state index contributed by atoms with van der Waals surface area (Å²) in [5, 5.41) is 7.31. The molecule has 3 heteroatoms. The Balaban J connectivity index is 1.22. The van der Waals surface area contributed by atoms with Gasteiger partial charge in [-0.1, -0.05) is 133 Å². The predicted octanol–water partition coefficient (Wildman–Crippen LogP) is 13.5. The zero-order valence-electron chi connectivity index (χ0n) is 27.6. The molecule has 0 N–H and O–H groups in total. The van der Waals surface area contributed by atoms with Gasteiger partial charge >= 0.3 is 0 Å². The van der Waals surface area contributed by atoms with E-state index in [4.69, 9.17) is 9.97 Å². The third-order valence-electron chi connectivity index (χ3n) is 9.85. The predicted molar refractivity (Wildman–Crippen MR) is 217 cm³/mol. The molecular formula is C48H30N2S. The van der Waals surface area contributed by atoms with E-state index in [2.05, 4.69) is 182 Å². The van der Waals surface area contributed by atoms with Gasteiger partial charge in [0, 0.05) is 36.9 Å². The highest BCUT2D eigenvalue weighted by atomic mass is 32.1. The Bertz CT molecular complexity index is 2920. The van der Waals surface area contributed by atoms with Gasteiger partial charge in [0.2, 0.25) is 0 Å². The molecule has 8 aromatic carbocycles. The van der Waals surface area contributed by atoms with Crippen molar-refractivity contribution in [3.05, 3.63) is 182 Å². The van der Waals surface area contributed by atoms with Crippen molar-refractivity contribution < 1.29 is 0 Å². The lowest BCUT2D eigenvalue weighted by Crippen LogP contribution is -1.97. The minimum Gasteiger partial charge on any atom is -0.228 e. The fourth-order valence-electron chi connectivity index (χ4n) is 7.28. The van der Waals surface area contributed by atoms with Crippen LogP contribution in [0.3, 0.4) is 0 Å². The Morgan fingerprint density at radius 1 is 0.314 bits per heavy atom. The Kier molecular flexibility index (Phi) is 7.04. The molecule has 0 saturated heterocycles. The molecule has 2 heterocycles. The van der Waals surface area contributed by atoms with Gasteiger partial charge in [-0.15, -0.1) is 11.3 Å². The van der Waals surface area contributed by atoms with Crippen LogP contribution in [-0.4, -0.2) is 9.97 Å². The summed E-state index contributed by atoms with van der Waals surface area (Å²) in [6.07, 6.45) is 0. The monoisotopic (exact) mass is 666 g/mol. The van der Waals surface area contributed by atoms with Gasteiger partial charge in [-0.05, 0) is 92.3 Å². The zero-order valence-corrected chi connectivity index (χ0v) is 28.4. The van der Waals surface area contributed by atoms with Crippen LogP contribution in [0.15, 0.2) is 182 Å². The third kappa shape index (κ3) is 5.36. The van der Waals surface area contributed by atoms with E-state index in [1.165, 1.54) is 52.8 Å². The SMILES string of the molecule is c1ccc(-c2cc(-c3ccc4sc5ccccc5c4c3)cc(-c3cc(-c4cccc5ccccc45)nc(-c4ccc5ccccc5c4)n3)c2)cc1. The van der Waals surface area contributed by atoms with E-state index in [0.717, 1.165) is 39.2 Å². The topological polar surface area (TPSA) is 25.8 Å². The lowest BCUT2D eigenvalue weighted by atomic mass is 9.93. The molecule has 0 aliphatic heterocycles. The summed E-state index contributed by atoms with van der Waals surface area (Å²) in [7, 11) is 0. The maximum atomic E-state index is 5.33. The number of nitrogens with zero attached hydrogens (tertiary/aromatic N) is 2. The molecule has 10 aromatic rings. The first-order valence-corrected chi connectivity index (χ1v) is 18.0. The van der Waals surface area contributed by atoms with Crippen molar-refractivity contribution >= 4 is 53.1 Å². The molecule has 0 spiro atoms. The van der Waals surface area contributed by atoms with Crippen LogP contribution in [0, 0.1) is 0 Å². The Morgan fingerprint density at radius 3 is 1.84 bits per heavy atom. The van der Waals surface area contributed by atoms with Crippen molar-refractivity contribution in [3.63, 3.8) is 0 Å². The summed E-state index contributed by atoms with van der Waals surface area (Å²) in [6.45, 7) is 0. The number of thiophene rings is 1. The highest BCUT2D eigenvalue weighted by Crippen LogP contribution is 2.39. The third-order valence-corrected chi connectivity index (χ3v) is 11.0. The second kappa shape index (κ2) is 12.2. The molecule has 238 valence electrons. The largest absolute Gasteiger partial charge is 0.228 e. The Morgan fingerprint density at radius 2 is 0.961 bits per heavy atom. The Hall–Kier alpha value is -6.42. The maximum absolute atomic E-state index is 5.33. The van der Waals surface area contributed by atoms with Crippen LogP contribution in [-0.2, 0) is 0 Å². The number of rotatable bonds is 5. The van der Waals surface area contributed by atoms with Crippen LogP contribution in [0.1, 0.15) is 0 Å². The lowest BCUT2D eigenvalue weighted by molar-refractivity contribution is 1.19. The summed E-state index contributed by atoms with van der Waals surface area (Å²) in [6, 6.07) is 65.2. The summed E-state index contributed by atoms with van der Waals surface area (Å²) in [5.74, 6) is 0.707. The number of benzene rings is 8. The summed E-state index contributed by atoms with van der Waals surface area (Å²) < 4.78 is 2.61. The van der Waals surface area contributed by atoms with Crippen LogP contribution in [0.2, 0.25) is 0 Å². The fraction of sp³-hybridized carbons (Fsp3) is 0. The first kappa shape index (κ1) is 29.5. The van der Waals surface area contributed by atoms with E-state index in [9.17, 15) is 0 Å². The molecule has 2 aromatic heterocycles. The summed E-state index contributed by atoms with van der Waals surface area (Å²) >= 11 is 1.85. The fourth-order valence-corrected chi connectivity index (χ4v) is 8.37. The van der Waals surface area contributed by atoms with Crippen molar-refractivity contribution in [2.75, 3.05) is 0 Å².